The van der Waals surface area contributed by atoms with E-state index in [2.05, 4.69) is 45.6 Å². The van der Waals surface area contributed by atoms with Crippen molar-refractivity contribution in [1.82, 2.24) is 4.90 Å². The van der Waals surface area contributed by atoms with Crippen LogP contribution in [0.5, 0.6) is 0 Å². The first kappa shape index (κ1) is 23.5. The lowest BCUT2D eigenvalue weighted by molar-refractivity contribution is 0.0623. The van der Waals surface area contributed by atoms with Gasteiger partial charge in [-0.3, -0.25) is 4.90 Å². The number of rotatable bonds is 8. The van der Waals surface area contributed by atoms with Crippen LogP contribution in [-0.2, 0) is 9.84 Å². The van der Waals surface area contributed by atoms with Crippen molar-refractivity contribution in [2.45, 2.75) is 71.2 Å². The van der Waals surface area contributed by atoms with Crippen molar-refractivity contribution < 1.29 is 8.42 Å². The standard InChI is InChI=1S/C26H41NO2S/c1-19(2)27(15-16-30(28,29)23-9-7-6-8-10-23)18-22(5)25-14-12-21(4)24-13-11-20(3)17-26(24)25/h6-10,17,19,21-22,24-26H,11-16,18H2,1-5H3. The highest BCUT2D eigenvalue weighted by atomic mass is 32.2. The molecule has 4 heteroatoms. The molecule has 0 saturated heterocycles. The molecule has 5 atom stereocenters. The van der Waals surface area contributed by atoms with Crippen LogP contribution in [0.15, 0.2) is 46.9 Å². The topological polar surface area (TPSA) is 37.4 Å². The van der Waals surface area contributed by atoms with Crippen LogP contribution in [0.4, 0.5) is 0 Å². The van der Waals surface area contributed by atoms with E-state index in [1.54, 1.807) is 29.8 Å². The zero-order valence-corrected chi connectivity index (χ0v) is 20.4. The normalized spacial score (nSPS) is 28.3. The average Bonchev–Trinajstić information content (AvgIpc) is 2.71. The molecule has 0 heterocycles. The van der Waals surface area contributed by atoms with Gasteiger partial charge in [-0.15, -0.1) is 0 Å². The fourth-order valence-corrected chi connectivity index (χ4v) is 7.08. The number of hydrogen-bond acceptors (Lipinski definition) is 3. The summed E-state index contributed by atoms with van der Waals surface area (Å²) in [4.78, 5) is 2.83. The second kappa shape index (κ2) is 9.99. The zero-order chi connectivity index (χ0) is 21.9. The first-order valence-electron chi connectivity index (χ1n) is 11.9. The van der Waals surface area contributed by atoms with Gasteiger partial charge in [0.2, 0.25) is 0 Å². The molecule has 168 valence electrons. The maximum atomic E-state index is 12.8. The lowest BCUT2D eigenvalue weighted by Crippen LogP contribution is -2.43. The third kappa shape index (κ3) is 5.56. The molecular formula is C26H41NO2S. The third-order valence-electron chi connectivity index (χ3n) is 7.76. The largest absolute Gasteiger partial charge is 0.300 e. The molecule has 1 aromatic carbocycles. The van der Waals surface area contributed by atoms with E-state index in [1.807, 2.05) is 6.07 Å². The van der Waals surface area contributed by atoms with Gasteiger partial charge in [0.25, 0.3) is 0 Å². The highest BCUT2D eigenvalue weighted by molar-refractivity contribution is 7.91. The van der Waals surface area contributed by atoms with Gasteiger partial charge in [-0.2, -0.15) is 0 Å². The van der Waals surface area contributed by atoms with Crippen LogP contribution in [-0.4, -0.2) is 38.2 Å². The van der Waals surface area contributed by atoms with E-state index in [4.69, 9.17) is 0 Å². The quantitative estimate of drug-likeness (QED) is 0.486. The van der Waals surface area contributed by atoms with Crippen LogP contribution in [0.25, 0.3) is 0 Å². The Labute approximate surface area is 184 Å². The van der Waals surface area contributed by atoms with Crippen LogP contribution >= 0.6 is 0 Å². The molecule has 30 heavy (non-hydrogen) atoms. The molecule has 0 aromatic heterocycles. The number of hydrogen-bond donors (Lipinski definition) is 0. The van der Waals surface area contributed by atoms with Gasteiger partial charge in [-0.1, -0.05) is 50.1 Å². The summed E-state index contributed by atoms with van der Waals surface area (Å²) in [5.41, 5.74) is 1.57. The van der Waals surface area contributed by atoms with Gasteiger partial charge in [-0.05, 0) is 81.8 Å². The molecule has 3 nitrogen and oxygen atoms in total. The molecule has 2 aliphatic rings. The minimum Gasteiger partial charge on any atom is -0.300 e. The van der Waals surface area contributed by atoms with Crippen molar-refractivity contribution in [3.05, 3.63) is 42.0 Å². The summed E-state index contributed by atoms with van der Waals surface area (Å²) in [5.74, 6) is 3.86. The molecule has 1 saturated carbocycles. The number of allylic oxidation sites excluding steroid dienone is 2. The maximum absolute atomic E-state index is 12.8. The van der Waals surface area contributed by atoms with Crippen LogP contribution in [0.2, 0.25) is 0 Å². The van der Waals surface area contributed by atoms with Gasteiger partial charge in [0.1, 0.15) is 0 Å². The van der Waals surface area contributed by atoms with Crippen LogP contribution in [0.3, 0.4) is 0 Å². The Morgan fingerprint density at radius 1 is 1.07 bits per heavy atom. The second-order valence-electron chi connectivity index (χ2n) is 10.2. The fourth-order valence-electron chi connectivity index (χ4n) is 5.80. The molecule has 0 N–H and O–H groups in total. The molecular weight excluding hydrogens is 390 g/mol. The Balaban J connectivity index is 1.66. The highest BCUT2D eigenvalue weighted by Gasteiger charge is 2.40. The average molecular weight is 432 g/mol. The van der Waals surface area contributed by atoms with E-state index in [-0.39, 0.29) is 5.75 Å². The van der Waals surface area contributed by atoms with Crippen molar-refractivity contribution in [2.75, 3.05) is 18.8 Å². The Morgan fingerprint density at radius 2 is 1.77 bits per heavy atom. The summed E-state index contributed by atoms with van der Waals surface area (Å²) in [6, 6.07) is 9.23. The lowest BCUT2D eigenvalue weighted by atomic mass is 9.60. The summed E-state index contributed by atoms with van der Waals surface area (Å²) in [7, 11) is -3.23. The van der Waals surface area contributed by atoms with E-state index >= 15 is 0 Å². The molecule has 0 aliphatic heterocycles. The summed E-state index contributed by atoms with van der Waals surface area (Å²) in [5, 5.41) is 0. The molecule has 0 amide bonds. The molecule has 1 fully saturated rings. The van der Waals surface area contributed by atoms with Gasteiger partial charge >= 0.3 is 0 Å². The monoisotopic (exact) mass is 431 g/mol. The van der Waals surface area contributed by atoms with Gasteiger partial charge < -0.3 is 0 Å². The summed E-state index contributed by atoms with van der Waals surface area (Å²) < 4.78 is 25.5. The molecule has 5 unspecified atom stereocenters. The third-order valence-corrected chi connectivity index (χ3v) is 9.47. The van der Waals surface area contributed by atoms with Gasteiger partial charge in [0.05, 0.1) is 10.6 Å². The van der Waals surface area contributed by atoms with Crippen molar-refractivity contribution >= 4 is 9.84 Å². The number of sulfone groups is 1. The SMILES string of the molecule is CC1=CC2C(CC1)C(C)CCC2C(C)CN(CCS(=O)(=O)c1ccccc1)C(C)C. The maximum Gasteiger partial charge on any atom is 0.179 e. The zero-order valence-electron chi connectivity index (χ0n) is 19.5. The Hall–Kier alpha value is -1.13. The lowest BCUT2D eigenvalue weighted by Gasteiger charge is -2.46. The summed E-state index contributed by atoms with van der Waals surface area (Å²) in [6.45, 7) is 13.1. The van der Waals surface area contributed by atoms with E-state index in [0.29, 0.717) is 35.2 Å². The minimum absolute atomic E-state index is 0.189. The van der Waals surface area contributed by atoms with E-state index < -0.39 is 9.84 Å². The molecule has 0 spiro atoms. The van der Waals surface area contributed by atoms with Gasteiger partial charge in [0, 0.05) is 19.1 Å². The van der Waals surface area contributed by atoms with Crippen molar-refractivity contribution in [1.29, 1.82) is 0 Å². The number of fused-ring (bicyclic) bond motifs is 1. The van der Waals surface area contributed by atoms with Crippen LogP contribution < -0.4 is 0 Å². The number of benzene rings is 1. The predicted octanol–water partition coefficient (Wildman–Crippen LogP) is 5.83. The van der Waals surface area contributed by atoms with Gasteiger partial charge in [0.15, 0.2) is 9.84 Å². The first-order chi connectivity index (χ1) is 14.2. The van der Waals surface area contributed by atoms with Crippen molar-refractivity contribution in [3.8, 4) is 0 Å². The van der Waals surface area contributed by atoms with E-state index in [0.717, 1.165) is 18.4 Å². The fraction of sp³-hybridized carbons (Fsp3) is 0.692. The predicted molar refractivity (Wildman–Crippen MR) is 126 cm³/mol. The Morgan fingerprint density at radius 3 is 2.43 bits per heavy atom. The van der Waals surface area contributed by atoms with Crippen LogP contribution in [0, 0.1) is 29.6 Å². The molecule has 0 radical (unpaired) electrons. The number of nitrogens with zero attached hydrogens (tertiary/aromatic N) is 1. The molecule has 2 aliphatic carbocycles. The van der Waals surface area contributed by atoms with Gasteiger partial charge in [-0.25, -0.2) is 8.42 Å². The molecule has 3 rings (SSSR count). The van der Waals surface area contributed by atoms with Crippen molar-refractivity contribution in [3.63, 3.8) is 0 Å². The summed E-state index contributed by atoms with van der Waals surface area (Å²) in [6.07, 6.45) is 7.85. The summed E-state index contributed by atoms with van der Waals surface area (Å²) >= 11 is 0. The Bertz CT molecular complexity index is 815. The molecule has 1 aromatic rings. The Kier molecular flexibility index (Phi) is 7.84. The van der Waals surface area contributed by atoms with E-state index in [9.17, 15) is 8.42 Å². The minimum atomic E-state index is -3.23. The molecule has 0 bridgehead atoms. The first-order valence-corrected chi connectivity index (χ1v) is 13.5. The van der Waals surface area contributed by atoms with Crippen molar-refractivity contribution in [2.24, 2.45) is 29.6 Å². The highest BCUT2D eigenvalue weighted by Crippen LogP contribution is 2.48. The van der Waals surface area contributed by atoms with Crippen LogP contribution in [0.1, 0.15) is 60.3 Å². The van der Waals surface area contributed by atoms with E-state index in [1.165, 1.54) is 25.7 Å². The smallest absolute Gasteiger partial charge is 0.179 e. The second-order valence-corrected chi connectivity index (χ2v) is 12.3.